The molecule has 0 aliphatic carbocycles. The van der Waals surface area contributed by atoms with Gasteiger partial charge >= 0.3 is 5.97 Å². The molecule has 0 radical (unpaired) electrons. The average molecular weight is 489 g/mol. The molecule has 3 saturated heterocycles. The van der Waals surface area contributed by atoms with Crippen molar-refractivity contribution in [2.24, 2.45) is 0 Å². The first kappa shape index (κ1) is 26.0. The lowest BCUT2D eigenvalue weighted by molar-refractivity contribution is -0.162. The van der Waals surface area contributed by atoms with Gasteiger partial charge in [0.05, 0.1) is 13.2 Å². The molecule has 0 bridgehead atoms. The lowest BCUT2D eigenvalue weighted by Crippen LogP contribution is -2.53. The third kappa shape index (κ3) is 6.80. The standard InChI is InChI=1S/C26H40N4O5/c1-34-24-5-3-2-4-21(24)22(30-16-14-29(15-17-30)19-6-10-27-11-7-19)18-23(31)25(26(32)33)35-20-8-12-28-13-9-20/h2-5,19-20,22,25,27-28H,6-18H2,1H3,(H,32,33). The second kappa shape index (κ2) is 12.8. The van der Waals surface area contributed by atoms with E-state index < -0.39 is 12.1 Å². The second-order valence-corrected chi connectivity index (χ2v) is 9.79. The fourth-order valence-electron chi connectivity index (χ4n) is 5.66. The van der Waals surface area contributed by atoms with Crippen molar-refractivity contribution in [2.45, 2.75) is 56.4 Å². The Morgan fingerprint density at radius 2 is 1.63 bits per heavy atom. The molecule has 1 aromatic carbocycles. The van der Waals surface area contributed by atoms with E-state index in [1.807, 2.05) is 24.3 Å². The van der Waals surface area contributed by atoms with E-state index in [-0.39, 0.29) is 24.3 Å². The number of carboxylic acids is 1. The number of methoxy groups -OCH3 is 1. The minimum absolute atomic E-state index is 0.0790. The smallest absolute Gasteiger partial charge is 0.340 e. The Morgan fingerprint density at radius 3 is 2.26 bits per heavy atom. The van der Waals surface area contributed by atoms with Crippen LogP contribution in [0.1, 0.15) is 43.7 Å². The molecule has 0 aromatic heterocycles. The molecule has 9 heteroatoms. The van der Waals surface area contributed by atoms with Gasteiger partial charge in [-0.3, -0.25) is 14.6 Å². The van der Waals surface area contributed by atoms with Gasteiger partial charge in [0.25, 0.3) is 0 Å². The summed E-state index contributed by atoms with van der Waals surface area (Å²) in [5, 5.41) is 16.5. The number of rotatable bonds is 10. The minimum Gasteiger partial charge on any atom is -0.496 e. The van der Waals surface area contributed by atoms with Crippen molar-refractivity contribution in [3.05, 3.63) is 29.8 Å². The van der Waals surface area contributed by atoms with Crippen molar-refractivity contribution in [1.29, 1.82) is 0 Å². The highest BCUT2D eigenvalue weighted by Crippen LogP contribution is 2.34. The SMILES string of the molecule is COc1ccccc1C(CC(=O)C(OC1CCNCC1)C(=O)O)N1CCN(C2CCNCC2)CC1. The quantitative estimate of drug-likeness (QED) is 0.420. The lowest BCUT2D eigenvalue weighted by atomic mass is 9.95. The number of benzene rings is 1. The van der Waals surface area contributed by atoms with E-state index >= 15 is 0 Å². The van der Waals surface area contributed by atoms with Crippen LogP contribution >= 0.6 is 0 Å². The summed E-state index contributed by atoms with van der Waals surface area (Å²) in [7, 11) is 1.63. The van der Waals surface area contributed by atoms with Crippen molar-refractivity contribution in [3.63, 3.8) is 0 Å². The number of piperazine rings is 1. The molecule has 0 amide bonds. The van der Waals surface area contributed by atoms with E-state index in [4.69, 9.17) is 9.47 Å². The van der Waals surface area contributed by atoms with E-state index in [0.29, 0.717) is 18.9 Å². The monoisotopic (exact) mass is 488 g/mol. The fraction of sp³-hybridized carbons (Fsp3) is 0.692. The number of ketones is 1. The van der Waals surface area contributed by atoms with Gasteiger partial charge in [-0.1, -0.05) is 18.2 Å². The van der Waals surface area contributed by atoms with Crippen LogP contribution < -0.4 is 15.4 Å². The molecule has 2 atom stereocenters. The Balaban J connectivity index is 1.48. The van der Waals surface area contributed by atoms with E-state index in [1.165, 1.54) is 12.8 Å². The van der Waals surface area contributed by atoms with Crippen LogP contribution in [0.4, 0.5) is 0 Å². The number of Topliss-reactive ketones (excluding diaryl/α,β-unsaturated/α-hetero) is 1. The third-order valence-corrected chi connectivity index (χ3v) is 7.64. The minimum atomic E-state index is -1.44. The largest absolute Gasteiger partial charge is 0.496 e. The maximum Gasteiger partial charge on any atom is 0.340 e. The van der Waals surface area contributed by atoms with Gasteiger partial charge in [-0.25, -0.2) is 4.79 Å². The van der Waals surface area contributed by atoms with Crippen LogP contribution in [0.25, 0.3) is 0 Å². The van der Waals surface area contributed by atoms with Crippen LogP contribution in [0, 0.1) is 0 Å². The molecule has 1 aromatic rings. The summed E-state index contributed by atoms with van der Waals surface area (Å²) in [6.07, 6.45) is 2.20. The maximum absolute atomic E-state index is 13.4. The Hall–Kier alpha value is -2.04. The van der Waals surface area contributed by atoms with E-state index in [0.717, 1.165) is 63.7 Å². The molecule has 9 nitrogen and oxygen atoms in total. The predicted molar refractivity (Wildman–Crippen MR) is 133 cm³/mol. The summed E-state index contributed by atoms with van der Waals surface area (Å²) in [6, 6.07) is 8.10. The topological polar surface area (TPSA) is 103 Å². The highest BCUT2D eigenvalue weighted by molar-refractivity contribution is 6.01. The number of ether oxygens (including phenoxy) is 2. The number of carbonyl (C=O) groups is 2. The summed E-state index contributed by atoms with van der Waals surface area (Å²) in [6.45, 7) is 7.22. The van der Waals surface area contributed by atoms with Crippen LogP contribution in [-0.2, 0) is 14.3 Å². The number of nitrogens with one attached hydrogen (secondary N) is 2. The predicted octanol–water partition coefficient (Wildman–Crippen LogP) is 1.29. The van der Waals surface area contributed by atoms with Crippen LogP contribution in [-0.4, -0.2) is 104 Å². The van der Waals surface area contributed by atoms with Crippen molar-refractivity contribution in [3.8, 4) is 5.75 Å². The molecule has 35 heavy (non-hydrogen) atoms. The van der Waals surface area contributed by atoms with Crippen molar-refractivity contribution in [2.75, 3.05) is 59.5 Å². The van der Waals surface area contributed by atoms with Gasteiger partial charge in [0.15, 0.2) is 5.78 Å². The number of nitrogens with zero attached hydrogens (tertiary/aromatic N) is 2. The Labute approximate surface area is 208 Å². The molecule has 3 aliphatic rings. The summed E-state index contributed by atoms with van der Waals surface area (Å²) < 4.78 is 11.5. The normalized spacial score (nSPS) is 23.0. The number of hydrogen-bond donors (Lipinski definition) is 3. The van der Waals surface area contributed by atoms with Gasteiger partial charge in [-0.15, -0.1) is 0 Å². The molecule has 3 N–H and O–H groups in total. The van der Waals surface area contributed by atoms with Gasteiger partial charge in [0, 0.05) is 50.2 Å². The lowest BCUT2D eigenvalue weighted by Gasteiger charge is -2.43. The summed E-state index contributed by atoms with van der Waals surface area (Å²) in [5.74, 6) is -0.868. The van der Waals surface area contributed by atoms with Gasteiger partial charge in [-0.2, -0.15) is 0 Å². The van der Waals surface area contributed by atoms with E-state index in [9.17, 15) is 14.7 Å². The molecule has 0 spiro atoms. The summed E-state index contributed by atoms with van der Waals surface area (Å²) in [5.41, 5.74) is 0.921. The summed E-state index contributed by atoms with van der Waals surface area (Å²) in [4.78, 5) is 30.3. The fourth-order valence-corrected chi connectivity index (χ4v) is 5.66. The average Bonchev–Trinajstić information content (AvgIpc) is 2.91. The number of carbonyl (C=O) groups excluding carboxylic acids is 1. The third-order valence-electron chi connectivity index (χ3n) is 7.64. The van der Waals surface area contributed by atoms with Gasteiger partial charge in [0.1, 0.15) is 5.75 Å². The summed E-state index contributed by atoms with van der Waals surface area (Å²) >= 11 is 0. The zero-order valence-electron chi connectivity index (χ0n) is 20.8. The van der Waals surface area contributed by atoms with Crippen LogP contribution in [0.5, 0.6) is 5.75 Å². The van der Waals surface area contributed by atoms with Gasteiger partial charge in [-0.05, 0) is 57.9 Å². The maximum atomic E-state index is 13.4. The molecule has 194 valence electrons. The Bertz CT molecular complexity index is 833. The highest BCUT2D eigenvalue weighted by Gasteiger charge is 2.36. The molecule has 3 heterocycles. The Kier molecular flexibility index (Phi) is 9.51. The number of carboxylic acid groups (broad SMARTS) is 1. The first-order valence-corrected chi connectivity index (χ1v) is 13.0. The van der Waals surface area contributed by atoms with Crippen molar-refractivity contribution < 1.29 is 24.2 Å². The molecule has 3 aliphatic heterocycles. The Morgan fingerprint density at radius 1 is 1.00 bits per heavy atom. The van der Waals surface area contributed by atoms with Crippen LogP contribution in [0.15, 0.2) is 24.3 Å². The van der Waals surface area contributed by atoms with E-state index in [1.54, 1.807) is 7.11 Å². The van der Waals surface area contributed by atoms with Crippen LogP contribution in [0.2, 0.25) is 0 Å². The van der Waals surface area contributed by atoms with Crippen molar-refractivity contribution >= 4 is 11.8 Å². The zero-order chi connectivity index (χ0) is 24.6. The number of piperidine rings is 2. The first-order valence-electron chi connectivity index (χ1n) is 13.0. The molecule has 2 unspecified atom stereocenters. The van der Waals surface area contributed by atoms with E-state index in [2.05, 4.69) is 20.4 Å². The number of para-hydroxylation sites is 1. The highest BCUT2D eigenvalue weighted by atomic mass is 16.5. The molecular formula is C26H40N4O5. The zero-order valence-corrected chi connectivity index (χ0v) is 20.8. The molecular weight excluding hydrogens is 448 g/mol. The van der Waals surface area contributed by atoms with Crippen molar-refractivity contribution in [1.82, 2.24) is 20.4 Å². The first-order chi connectivity index (χ1) is 17.1. The van der Waals surface area contributed by atoms with Gasteiger partial charge in [0.2, 0.25) is 6.10 Å². The second-order valence-electron chi connectivity index (χ2n) is 9.79. The van der Waals surface area contributed by atoms with Crippen LogP contribution in [0.3, 0.4) is 0 Å². The number of hydrogen-bond acceptors (Lipinski definition) is 8. The van der Waals surface area contributed by atoms with Gasteiger partial charge < -0.3 is 25.2 Å². The molecule has 0 saturated carbocycles. The number of aliphatic carboxylic acids is 1. The molecule has 4 rings (SSSR count). The molecule has 3 fully saturated rings.